The van der Waals surface area contributed by atoms with Crippen molar-refractivity contribution < 1.29 is 32.9 Å². The second-order valence-corrected chi connectivity index (χ2v) is 17.5. The number of aliphatic hydroxyl groups is 1. The van der Waals surface area contributed by atoms with Gasteiger partial charge in [0, 0.05) is 6.42 Å². The number of carbonyl (C=O) groups excluding carboxylic acids is 1. The van der Waals surface area contributed by atoms with Gasteiger partial charge in [-0.05, 0) is 38.5 Å². The molecule has 0 bridgehead atoms. The average molecular weight is 746 g/mol. The number of phosphoric acid groups is 1. The summed E-state index contributed by atoms with van der Waals surface area (Å²) in [6.45, 7) is 4.87. The molecule has 8 nitrogen and oxygen atoms in total. The molecule has 0 aliphatic rings. The first-order valence-corrected chi connectivity index (χ1v) is 23.0. The Hall–Kier alpha value is -0.760. The average Bonchev–Trinajstić information content (AvgIpc) is 3.07. The van der Waals surface area contributed by atoms with Crippen LogP contribution in [0.25, 0.3) is 0 Å². The normalized spacial score (nSPS) is 14.6. The molecule has 3 atom stereocenters. The summed E-state index contributed by atoms with van der Waals surface area (Å²) in [5.74, 6) is -0.160. The Labute approximate surface area is 316 Å². The van der Waals surface area contributed by atoms with Crippen molar-refractivity contribution >= 4 is 13.7 Å². The number of rotatable bonds is 39. The molecule has 0 spiro atoms. The fourth-order valence-corrected chi connectivity index (χ4v) is 7.01. The zero-order valence-corrected chi connectivity index (χ0v) is 35.3. The Balaban J connectivity index is 4.40. The molecule has 9 heteroatoms. The maximum Gasteiger partial charge on any atom is 0.472 e. The van der Waals surface area contributed by atoms with Crippen LogP contribution >= 0.6 is 7.82 Å². The fraction of sp³-hybridized carbons (Fsp3) is 0.929. The number of hydrogen-bond acceptors (Lipinski definition) is 5. The van der Waals surface area contributed by atoms with E-state index in [1.165, 1.54) is 122 Å². The van der Waals surface area contributed by atoms with Gasteiger partial charge in [-0.15, -0.1) is 0 Å². The van der Waals surface area contributed by atoms with Crippen LogP contribution in [-0.2, 0) is 18.4 Å². The second-order valence-electron chi connectivity index (χ2n) is 16.1. The lowest BCUT2D eigenvalue weighted by molar-refractivity contribution is -0.870. The van der Waals surface area contributed by atoms with Crippen molar-refractivity contribution in [3.05, 3.63) is 12.2 Å². The largest absolute Gasteiger partial charge is 0.472 e. The van der Waals surface area contributed by atoms with E-state index in [1.807, 2.05) is 21.1 Å². The topological polar surface area (TPSA) is 105 Å². The Morgan fingerprint density at radius 3 is 1.51 bits per heavy atom. The summed E-state index contributed by atoms with van der Waals surface area (Å²) >= 11 is 0. The highest BCUT2D eigenvalue weighted by atomic mass is 31.2. The minimum Gasteiger partial charge on any atom is -0.391 e. The van der Waals surface area contributed by atoms with Gasteiger partial charge in [-0.25, -0.2) is 4.57 Å². The van der Waals surface area contributed by atoms with Crippen LogP contribution in [0.15, 0.2) is 12.2 Å². The van der Waals surface area contributed by atoms with Gasteiger partial charge >= 0.3 is 7.82 Å². The minimum atomic E-state index is -4.31. The highest BCUT2D eigenvalue weighted by Crippen LogP contribution is 2.43. The maximum atomic E-state index is 12.8. The number of allylic oxidation sites excluding steroid dienone is 2. The smallest absolute Gasteiger partial charge is 0.391 e. The van der Waals surface area contributed by atoms with Crippen LogP contribution in [0.5, 0.6) is 0 Å². The van der Waals surface area contributed by atoms with Gasteiger partial charge in [0.2, 0.25) is 5.91 Å². The predicted octanol–water partition coefficient (Wildman–Crippen LogP) is 11.6. The van der Waals surface area contributed by atoms with Crippen LogP contribution in [0.4, 0.5) is 0 Å². The Kier molecular flexibility index (Phi) is 34.5. The van der Waals surface area contributed by atoms with E-state index < -0.39 is 20.0 Å². The molecule has 0 aromatic heterocycles. The number of hydrogen-bond donors (Lipinski definition) is 3. The van der Waals surface area contributed by atoms with Crippen molar-refractivity contribution in [3.8, 4) is 0 Å². The van der Waals surface area contributed by atoms with E-state index in [9.17, 15) is 19.4 Å². The summed E-state index contributed by atoms with van der Waals surface area (Å²) in [6.07, 6.45) is 38.0. The third-order valence-electron chi connectivity index (χ3n) is 9.76. The third-order valence-corrected chi connectivity index (χ3v) is 10.7. The number of aliphatic hydroxyl groups excluding tert-OH is 1. The predicted molar refractivity (Wildman–Crippen MR) is 217 cm³/mol. The van der Waals surface area contributed by atoms with Crippen molar-refractivity contribution in [2.75, 3.05) is 40.9 Å². The number of quaternary nitrogens is 1. The molecular weight excluding hydrogens is 659 g/mol. The van der Waals surface area contributed by atoms with Gasteiger partial charge in [0.05, 0.1) is 39.9 Å². The summed E-state index contributed by atoms with van der Waals surface area (Å²) in [5, 5.41) is 13.9. The molecule has 0 aliphatic carbocycles. The molecule has 0 saturated heterocycles. The van der Waals surface area contributed by atoms with E-state index in [2.05, 4.69) is 31.3 Å². The van der Waals surface area contributed by atoms with Gasteiger partial charge in [-0.3, -0.25) is 13.8 Å². The number of nitrogens with one attached hydrogen (secondary N) is 1. The van der Waals surface area contributed by atoms with E-state index in [4.69, 9.17) is 9.05 Å². The van der Waals surface area contributed by atoms with Crippen molar-refractivity contribution in [3.63, 3.8) is 0 Å². The molecule has 0 heterocycles. The summed E-state index contributed by atoms with van der Waals surface area (Å²) in [4.78, 5) is 23.1. The van der Waals surface area contributed by atoms with Crippen molar-refractivity contribution in [2.45, 2.75) is 212 Å². The van der Waals surface area contributed by atoms with Gasteiger partial charge < -0.3 is 19.8 Å². The van der Waals surface area contributed by atoms with Crippen molar-refractivity contribution in [1.29, 1.82) is 0 Å². The van der Waals surface area contributed by atoms with Crippen LogP contribution in [0, 0.1) is 0 Å². The molecule has 0 fully saturated rings. The van der Waals surface area contributed by atoms with Crippen LogP contribution in [0.1, 0.15) is 200 Å². The molecule has 3 unspecified atom stereocenters. The maximum absolute atomic E-state index is 12.8. The highest BCUT2D eigenvalue weighted by molar-refractivity contribution is 7.47. The van der Waals surface area contributed by atoms with Crippen LogP contribution < -0.4 is 5.32 Å². The van der Waals surface area contributed by atoms with Crippen LogP contribution in [-0.4, -0.2) is 73.4 Å². The zero-order chi connectivity index (χ0) is 37.9. The van der Waals surface area contributed by atoms with Crippen molar-refractivity contribution in [1.82, 2.24) is 5.32 Å². The molecule has 0 rings (SSSR count). The number of amides is 1. The van der Waals surface area contributed by atoms with E-state index in [-0.39, 0.29) is 19.1 Å². The van der Waals surface area contributed by atoms with Gasteiger partial charge in [0.15, 0.2) is 0 Å². The van der Waals surface area contributed by atoms with Crippen molar-refractivity contribution in [2.24, 2.45) is 0 Å². The zero-order valence-electron chi connectivity index (χ0n) is 34.4. The number of nitrogens with zero attached hydrogens (tertiary/aromatic N) is 1. The van der Waals surface area contributed by atoms with Gasteiger partial charge in [0.1, 0.15) is 13.2 Å². The molecule has 51 heavy (non-hydrogen) atoms. The van der Waals surface area contributed by atoms with E-state index >= 15 is 0 Å². The minimum absolute atomic E-state index is 0.0737. The molecular formula is C42H86N2O6P+. The Bertz CT molecular complexity index is 850. The second kappa shape index (κ2) is 35.0. The lowest BCUT2D eigenvalue weighted by Gasteiger charge is -2.26. The fourth-order valence-electron chi connectivity index (χ4n) is 6.28. The monoisotopic (exact) mass is 746 g/mol. The van der Waals surface area contributed by atoms with Gasteiger partial charge in [0.25, 0.3) is 0 Å². The molecule has 0 aromatic carbocycles. The number of likely N-dealkylation sites (N-methyl/N-ethyl adjacent to an activating group) is 1. The molecule has 0 aromatic rings. The lowest BCUT2D eigenvalue weighted by Crippen LogP contribution is -2.46. The van der Waals surface area contributed by atoms with Gasteiger partial charge in [-0.2, -0.15) is 0 Å². The molecule has 0 saturated carbocycles. The third kappa shape index (κ3) is 37.4. The first kappa shape index (κ1) is 50.2. The van der Waals surface area contributed by atoms with E-state index in [0.717, 1.165) is 51.4 Å². The molecule has 1 amide bonds. The van der Waals surface area contributed by atoms with Crippen LogP contribution in [0.2, 0.25) is 0 Å². The standard InChI is InChI=1S/C42H85N2O6P/c1-6-8-10-12-14-16-18-20-21-22-24-25-27-29-31-33-35-41(45)40(39-50-51(47,48)49-38-37-44(3,4)5)43-42(46)36-34-32-30-28-26-23-19-17-15-13-11-9-7-2/h23,26,40-41,45H,6-22,24-25,27-39H2,1-5H3,(H-,43,46,47,48)/p+1/b26-23-. The number of unbranched alkanes of at least 4 members (excludes halogenated alkanes) is 24. The summed E-state index contributed by atoms with van der Waals surface area (Å²) in [7, 11) is 1.61. The van der Waals surface area contributed by atoms with Gasteiger partial charge in [-0.1, -0.05) is 167 Å². The molecule has 0 radical (unpaired) electrons. The number of phosphoric ester groups is 1. The summed E-state index contributed by atoms with van der Waals surface area (Å²) in [6, 6.07) is -0.763. The highest BCUT2D eigenvalue weighted by Gasteiger charge is 2.28. The summed E-state index contributed by atoms with van der Waals surface area (Å²) < 4.78 is 23.6. The van der Waals surface area contributed by atoms with Crippen LogP contribution in [0.3, 0.4) is 0 Å². The molecule has 0 aliphatic heterocycles. The quantitative estimate of drug-likeness (QED) is 0.0250. The Morgan fingerprint density at radius 1 is 0.647 bits per heavy atom. The van der Waals surface area contributed by atoms with E-state index in [0.29, 0.717) is 23.9 Å². The first-order valence-electron chi connectivity index (χ1n) is 21.6. The molecule has 3 N–H and O–H groups in total. The summed E-state index contributed by atoms with van der Waals surface area (Å²) in [5.41, 5.74) is 0. The number of carbonyl (C=O) groups is 1. The first-order chi connectivity index (χ1) is 24.5. The SMILES string of the molecule is CCCCCCCC/C=C\CCCCCC(=O)NC(COP(=O)(O)OCC[N+](C)(C)C)C(O)CCCCCCCCCCCCCCCCCC. The molecule has 304 valence electrons. The Morgan fingerprint density at radius 2 is 1.06 bits per heavy atom. The lowest BCUT2D eigenvalue weighted by atomic mass is 10.0. The van der Waals surface area contributed by atoms with E-state index in [1.54, 1.807) is 0 Å².